The van der Waals surface area contributed by atoms with E-state index in [0.29, 0.717) is 17.8 Å². The van der Waals surface area contributed by atoms with Gasteiger partial charge in [0.2, 0.25) is 5.88 Å². The molecule has 0 saturated heterocycles. The molecule has 1 atom stereocenters. The quantitative estimate of drug-likeness (QED) is 0.807. The SMILES string of the molecule is COc1ncccc1N[C@H](C)CC(C)C. The van der Waals surface area contributed by atoms with E-state index in [0.717, 1.165) is 12.1 Å². The number of hydrogen-bond acceptors (Lipinski definition) is 3. The molecule has 15 heavy (non-hydrogen) atoms. The van der Waals surface area contributed by atoms with Crippen LogP contribution in [0.3, 0.4) is 0 Å². The van der Waals surface area contributed by atoms with Crippen LogP contribution in [0.1, 0.15) is 27.2 Å². The van der Waals surface area contributed by atoms with Crippen LogP contribution >= 0.6 is 0 Å². The van der Waals surface area contributed by atoms with Gasteiger partial charge in [-0.05, 0) is 31.4 Å². The highest BCUT2D eigenvalue weighted by molar-refractivity contribution is 5.52. The Morgan fingerprint density at radius 3 is 2.73 bits per heavy atom. The summed E-state index contributed by atoms with van der Waals surface area (Å²) in [6, 6.07) is 4.33. The molecule has 0 aliphatic heterocycles. The van der Waals surface area contributed by atoms with Crippen LogP contribution in [0, 0.1) is 5.92 Å². The molecule has 3 heteroatoms. The van der Waals surface area contributed by atoms with E-state index in [-0.39, 0.29) is 0 Å². The van der Waals surface area contributed by atoms with E-state index >= 15 is 0 Å². The third-order valence-corrected chi connectivity index (χ3v) is 2.19. The molecule has 0 spiro atoms. The first-order valence-corrected chi connectivity index (χ1v) is 5.39. The molecular weight excluding hydrogens is 188 g/mol. The van der Waals surface area contributed by atoms with Crippen molar-refractivity contribution < 1.29 is 4.74 Å². The van der Waals surface area contributed by atoms with E-state index in [1.807, 2.05) is 12.1 Å². The summed E-state index contributed by atoms with van der Waals surface area (Å²) in [4.78, 5) is 4.14. The monoisotopic (exact) mass is 208 g/mol. The fraction of sp³-hybridized carbons (Fsp3) is 0.583. The largest absolute Gasteiger partial charge is 0.480 e. The summed E-state index contributed by atoms with van der Waals surface area (Å²) in [6.07, 6.45) is 2.87. The summed E-state index contributed by atoms with van der Waals surface area (Å²) in [6.45, 7) is 6.61. The van der Waals surface area contributed by atoms with Gasteiger partial charge >= 0.3 is 0 Å². The molecule has 0 saturated carbocycles. The van der Waals surface area contributed by atoms with Crippen LogP contribution in [0.5, 0.6) is 5.88 Å². The van der Waals surface area contributed by atoms with E-state index in [2.05, 4.69) is 31.1 Å². The Labute approximate surface area is 91.9 Å². The topological polar surface area (TPSA) is 34.1 Å². The van der Waals surface area contributed by atoms with Crippen molar-refractivity contribution in [1.29, 1.82) is 0 Å². The maximum Gasteiger partial charge on any atom is 0.237 e. The molecule has 0 unspecified atom stereocenters. The first-order valence-electron chi connectivity index (χ1n) is 5.39. The zero-order chi connectivity index (χ0) is 11.3. The second-order valence-electron chi connectivity index (χ2n) is 4.24. The molecule has 3 nitrogen and oxygen atoms in total. The molecule has 0 amide bonds. The van der Waals surface area contributed by atoms with Crippen molar-refractivity contribution in [2.45, 2.75) is 33.2 Å². The standard InChI is InChI=1S/C12H20N2O/c1-9(2)8-10(3)14-11-6-5-7-13-12(11)15-4/h5-7,9-10,14H,8H2,1-4H3/t10-/m1/s1. The first-order chi connectivity index (χ1) is 7.13. The van der Waals surface area contributed by atoms with E-state index in [9.17, 15) is 0 Å². The molecule has 84 valence electrons. The van der Waals surface area contributed by atoms with Crippen LogP contribution in [0.25, 0.3) is 0 Å². The van der Waals surface area contributed by atoms with E-state index in [4.69, 9.17) is 4.74 Å². The van der Waals surface area contributed by atoms with Gasteiger partial charge in [-0.2, -0.15) is 0 Å². The van der Waals surface area contributed by atoms with Gasteiger partial charge in [0.05, 0.1) is 12.8 Å². The third kappa shape index (κ3) is 3.78. The fourth-order valence-corrected chi connectivity index (χ4v) is 1.69. The molecule has 1 rings (SSSR count). The van der Waals surface area contributed by atoms with Crippen LogP contribution in [0.2, 0.25) is 0 Å². The van der Waals surface area contributed by atoms with Crippen molar-refractivity contribution in [2.75, 3.05) is 12.4 Å². The van der Waals surface area contributed by atoms with Crippen molar-refractivity contribution in [1.82, 2.24) is 4.98 Å². The lowest BCUT2D eigenvalue weighted by molar-refractivity contribution is 0.398. The van der Waals surface area contributed by atoms with Gasteiger partial charge in [0.1, 0.15) is 0 Å². The van der Waals surface area contributed by atoms with Crippen LogP contribution in [0.4, 0.5) is 5.69 Å². The van der Waals surface area contributed by atoms with Gasteiger partial charge in [0.25, 0.3) is 0 Å². The van der Waals surface area contributed by atoms with Gasteiger partial charge in [0.15, 0.2) is 0 Å². The first kappa shape index (κ1) is 11.8. The van der Waals surface area contributed by atoms with Crippen molar-refractivity contribution in [3.8, 4) is 5.88 Å². The van der Waals surface area contributed by atoms with Crippen molar-refractivity contribution in [3.05, 3.63) is 18.3 Å². The van der Waals surface area contributed by atoms with Crippen LogP contribution in [-0.2, 0) is 0 Å². The highest BCUT2D eigenvalue weighted by atomic mass is 16.5. The number of nitrogens with zero attached hydrogens (tertiary/aromatic N) is 1. The van der Waals surface area contributed by atoms with Crippen molar-refractivity contribution in [3.63, 3.8) is 0 Å². The number of anilines is 1. The van der Waals surface area contributed by atoms with Gasteiger partial charge < -0.3 is 10.1 Å². The highest BCUT2D eigenvalue weighted by Crippen LogP contribution is 2.21. The minimum absolute atomic E-state index is 0.433. The van der Waals surface area contributed by atoms with E-state index in [1.54, 1.807) is 13.3 Å². The Morgan fingerprint density at radius 1 is 1.40 bits per heavy atom. The molecule has 0 bridgehead atoms. The van der Waals surface area contributed by atoms with Crippen LogP contribution < -0.4 is 10.1 Å². The molecule has 0 aliphatic rings. The van der Waals surface area contributed by atoms with Gasteiger partial charge in [-0.25, -0.2) is 4.98 Å². The summed E-state index contributed by atoms with van der Waals surface area (Å²) in [7, 11) is 1.64. The zero-order valence-electron chi connectivity index (χ0n) is 9.95. The molecule has 0 aromatic carbocycles. The highest BCUT2D eigenvalue weighted by Gasteiger charge is 2.08. The average Bonchev–Trinajstić information content (AvgIpc) is 2.17. The number of aromatic nitrogens is 1. The van der Waals surface area contributed by atoms with Crippen LogP contribution in [-0.4, -0.2) is 18.1 Å². The molecule has 1 N–H and O–H groups in total. The molecular formula is C12H20N2O. The summed E-state index contributed by atoms with van der Waals surface area (Å²) in [5.41, 5.74) is 0.966. The normalized spacial score (nSPS) is 12.6. The van der Waals surface area contributed by atoms with Crippen molar-refractivity contribution in [2.24, 2.45) is 5.92 Å². The van der Waals surface area contributed by atoms with Crippen molar-refractivity contribution >= 4 is 5.69 Å². The number of ether oxygens (including phenoxy) is 1. The molecule has 1 heterocycles. The summed E-state index contributed by atoms with van der Waals surface area (Å²) >= 11 is 0. The lowest BCUT2D eigenvalue weighted by Gasteiger charge is -2.18. The van der Waals surface area contributed by atoms with E-state index < -0.39 is 0 Å². The number of rotatable bonds is 5. The van der Waals surface area contributed by atoms with Gasteiger partial charge in [0, 0.05) is 12.2 Å². The number of pyridine rings is 1. The minimum Gasteiger partial charge on any atom is -0.480 e. The van der Waals surface area contributed by atoms with Gasteiger partial charge in [-0.15, -0.1) is 0 Å². The molecule has 1 aromatic heterocycles. The Hall–Kier alpha value is -1.25. The summed E-state index contributed by atoms with van der Waals surface area (Å²) < 4.78 is 5.18. The maximum absolute atomic E-state index is 5.18. The lowest BCUT2D eigenvalue weighted by Crippen LogP contribution is -2.18. The summed E-state index contributed by atoms with van der Waals surface area (Å²) in [5.74, 6) is 1.35. The molecule has 0 aliphatic carbocycles. The predicted molar refractivity (Wildman–Crippen MR) is 63.3 cm³/mol. The Morgan fingerprint density at radius 2 is 2.13 bits per heavy atom. The smallest absolute Gasteiger partial charge is 0.237 e. The fourth-order valence-electron chi connectivity index (χ4n) is 1.69. The molecule has 0 radical (unpaired) electrons. The summed E-state index contributed by atoms with van der Waals surface area (Å²) in [5, 5.41) is 3.41. The number of nitrogens with one attached hydrogen (secondary N) is 1. The maximum atomic E-state index is 5.18. The van der Waals surface area contributed by atoms with E-state index in [1.165, 1.54) is 0 Å². The van der Waals surface area contributed by atoms with Crippen LogP contribution in [0.15, 0.2) is 18.3 Å². The Kier molecular flexibility index (Phi) is 4.40. The zero-order valence-corrected chi connectivity index (χ0v) is 9.95. The predicted octanol–water partition coefficient (Wildman–Crippen LogP) is 2.94. The third-order valence-electron chi connectivity index (χ3n) is 2.19. The van der Waals surface area contributed by atoms with Gasteiger partial charge in [-0.1, -0.05) is 13.8 Å². The second kappa shape index (κ2) is 5.59. The minimum atomic E-state index is 0.433. The Balaban J connectivity index is 2.63. The van der Waals surface area contributed by atoms with Gasteiger partial charge in [-0.3, -0.25) is 0 Å². The number of hydrogen-bond donors (Lipinski definition) is 1. The Bertz CT molecular complexity index is 299. The average molecular weight is 208 g/mol. The second-order valence-corrected chi connectivity index (χ2v) is 4.24. The molecule has 1 aromatic rings. The number of methoxy groups -OCH3 is 1. The lowest BCUT2D eigenvalue weighted by atomic mass is 10.1. The molecule has 0 fully saturated rings.